The topological polar surface area (TPSA) is 55.8 Å². The average Bonchev–Trinajstić information content (AvgIpc) is 2.50. The fourth-order valence-corrected chi connectivity index (χ4v) is 2.35. The second-order valence-electron chi connectivity index (χ2n) is 5.55. The molecular weight excluding hydrogens is 314 g/mol. The van der Waals surface area contributed by atoms with E-state index in [4.69, 9.17) is 9.47 Å². The van der Waals surface area contributed by atoms with Crippen LogP contribution in [0.2, 0.25) is 0 Å². The molecule has 5 nitrogen and oxygen atoms in total. The summed E-state index contributed by atoms with van der Waals surface area (Å²) in [4.78, 5) is 23.3. The molecular formula is C17H31NO4S. The van der Waals surface area contributed by atoms with Gasteiger partial charge in [0.1, 0.15) is 6.61 Å². The van der Waals surface area contributed by atoms with E-state index in [0.29, 0.717) is 19.0 Å². The van der Waals surface area contributed by atoms with Crippen LogP contribution in [0.25, 0.3) is 0 Å². The van der Waals surface area contributed by atoms with E-state index in [1.165, 1.54) is 25.7 Å². The first kappa shape index (κ1) is 22.0. The average molecular weight is 346 g/mol. The van der Waals surface area contributed by atoms with Gasteiger partial charge >= 0.3 is 11.9 Å². The van der Waals surface area contributed by atoms with Crippen molar-refractivity contribution >= 4 is 23.9 Å². The quantitative estimate of drug-likeness (QED) is 0.208. The number of hydrogen-bond donors (Lipinski definition) is 0. The van der Waals surface area contributed by atoms with E-state index in [0.717, 1.165) is 12.8 Å². The largest absolute Gasteiger partial charge is 0.465 e. The summed E-state index contributed by atoms with van der Waals surface area (Å²) in [5.74, 6) is -0.266. The molecule has 0 aromatic carbocycles. The van der Waals surface area contributed by atoms with Crippen LogP contribution in [0.4, 0.5) is 0 Å². The molecule has 0 unspecified atom stereocenters. The standard InChI is InChI=1S/C17H31NO4S/c1-5-6-7-8-9-10-11-21-16(19)14-15(2)17(20)22-12-13-23-18(3)4/h2,5-14H2,1,3-4H3. The highest BCUT2D eigenvalue weighted by Gasteiger charge is 2.14. The van der Waals surface area contributed by atoms with E-state index in [1.807, 2.05) is 18.4 Å². The van der Waals surface area contributed by atoms with E-state index in [-0.39, 0.29) is 12.0 Å². The number of ether oxygens (including phenoxy) is 2. The molecule has 0 fully saturated rings. The van der Waals surface area contributed by atoms with Gasteiger partial charge in [0.25, 0.3) is 0 Å². The van der Waals surface area contributed by atoms with Crippen LogP contribution in [0.5, 0.6) is 0 Å². The lowest BCUT2D eigenvalue weighted by atomic mass is 10.1. The zero-order valence-corrected chi connectivity index (χ0v) is 15.6. The van der Waals surface area contributed by atoms with Gasteiger partial charge in [-0.1, -0.05) is 57.6 Å². The summed E-state index contributed by atoms with van der Waals surface area (Å²) in [6, 6.07) is 0. The maximum atomic E-state index is 11.6. The molecule has 0 saturated carbocycles. The molecule has 0 aromatic rings. The number of nitrogens with zero attached hydrogens (tertiary/aromatic N) is 1. The van der Waals surface area contributed by atoms with Crippen molar-refractivity contribution in [3.63, 3.8) is 0 Å². The number of carbonyl (C=O) groups is 2. The summed E-state index contributed by atoms with van der Waals surface area (Å²) in [7, 11) is 3.84. The fourth-order valence-electron chi connectivity index (χ4n) is 1.82. The summed E-state index contributed by atoms with van der Waals surface area (Å²) in [5, 5.41) is 0. The summed E-state index contributed by atoms with van der Waals surface area (Å²) in [6.07, 6.45) is 6.73. The summed E-state index contributed by atoms with van der Waals surface area (Å²) in [6.45, 7) is 6.48. The number of unbranched alkanes of at least 4 members (excludes halogenated alkanes) is 5. The fraction of sp³-hybridized carbons (Fsp3) is 0.765. The minimum absolute atomic E-state index is 0.102. The van der Waals surface area contributed by atoms with Gasteiger partial charge in [-0.25, -0.2) is 4.79 Å². The molecule has 0 aliphatic rings. The number of rotatable bonds is 14. The first-order valence-electron chi connectivity index (χ1n) is 8.28. The van der Waals surface area contributed by atoms with Crippen molar-refractivity contribution in [1.29, 1.82) is 0 Å². The maximum Gasteiger partial charge on any atom is 0.334 e. The van der Waals surface area contributed by atoms with Crippen molar-refractivity contribution in [3.05, 3.63) is 12.2 Å². The summed E-state index contributed by atoms with van der Waals surface area (Å²) < 4.78 is 12.1. The van der Waals surface area contributed by atoms with Crippen molar-refractivity contribution < 1.29 is 19.1 Å². The zero-order chi connectivity index (χ0) is 17.5. The second-order valence-corrected chi connectivity index (χ2v) is 6.95. The molecule has 0 spiro atoms. The Hall–Kier alpha value is -1.01. The highest BCUT2D eigenvalue weighted by molar-refractivity contribution is 7.96. The van der Waals surface area contributed by atoms with Crippen LogP contribution < -0.4 is 0 Å². The van der Waals surface area contributed by atoms with Gasteiger partial charge in [-0.3, -0.25) is 9.10 Å². The van der Waals surface area contributed by atoms with Crippen LogP contribution in [-0.4, -0.2) is 49.3 Å². The van der Waals surface area contributed by atoms with Crippen molar-refractivity contribution in [2.45, 2.75) is 51.9 Å². The van der Waals surface area contributed by atoms with E-state index < -0.39 is 11.9 Å². The van der Waals surface area contributed by atoms with Gasteiger partial charge in [0.15, 0.2) is 0 Å². The Labute approximate surface area is 144 Å². The van der Waals surface area contributed by atoms with E-state index >= 15 is 0 Å². The first-order valence-corrected chi connectivity index (χ1v) is 9.22. The van der Waals surface area contributed by atoms with Crippen molar-refractivity contribution in [2.75, 3.05) is 33.1 Å². The Kier molecular flexibility index (Phi) is 13.9. The lowest BCUT2D eigenvalue weighted by Crippen LogP contribution is -2.15. The molecule has 0 aromatic heterocycles. The third-order valence-corrected chi connectivity index (χ3v) is 3.94. The van der Waals surface area contributed by atoms with Crippen LogP contribution in [0.15, 0.2) is 12.2 Å². The predicted octanol–water partition coefficient (Wildman–Crippen LogP) is 3.59. The molecule has 0 heterocycles. The van der Waals surface area contributed by atoms with Crippen molar-refractivity contribution in [3.8, 4) is 0 Å². The van der Waals surface area contributed by atoms with E-state index in [1.54, 1.807) is 11.9 Å². The number of esters is 2. The molecule has 0 amide bonds. The van der Waals surface area contributed by atoms with Gasteiger partial charge in [-0.2, -0.15) is 0 Å². The van der Waals surface area contributed by atoms with Crippen molar-refractivity contribution in [1.82, 2.24) is 4.31 Å². The van der Waals surface area contributed by atoms with Crippen LogP contribution in [-0.2, 0) is 19.1 Å². The van der Waals surface area contributed by atoms with Crippen LogP contribution in [0.3, 0.4) is 0 Å². The minimum atomic E-state index is -0.527. The molecule has 0 rings (SSSR count). The molecule has 0 saturated heterocycles. The third-order valence-electron chi connectivity index (χ3n) is 3.07. The SMILES string of the molecule is C=C(CC(=O)OCCCCCCCC)C(=O)OCCSN(C)C. The predicted molar refractivity (Wildman–Crippen MR) is 95.2 cm³/mol. The molecule has 0 N–H and O–H groups in total. The van der Waals surface area contributed by atoms with E-state index in [2.05, 4.69) is 13.5 Å². The molecule has 0 radical (unpaired) electrons. The molecule has 134 valence electrons. The van der Waals surface area contributed by atoms with Gasteiger partial charge in [0.2, 0.25) is 0 Å². The smallest absolute Gasteiger partial charge is 0.334 e. The number of hydrogen-bond acceptors (Lipinski definition) is 6. The highest BCUT2D eigenvalue weighted by Crippen LogP contribution is 2.08. The molecule has 0 aliphatic carbocycles. The minimum Gasteiger partial charge on any atom is -0.465 e. The first-order chi connectivity index (χ1) is 11.0. The van der Waals surface area contributed by atoms with Gasteiger partial charge in [0, 0.05) is 11.3 Å². The Morgan fingerprint density at radius 3 is 2.30 bits per heavy atom. The van der Waals surface area contributed by atoms with Gasteiger partial charge in [-0.15, -0.1) is 0 Å². The Morgan fingerprint density at radius 2 is 1.65 bits per heavy atom. The van der Waals surface area contributed by atoms with Gasteiger partial charge in [0.05, 0.1) is 13.0 Å². The van der Waals surface area contributed by atoms with Gasteiger partial charge < -0.3 is 9.47 Å². The highest BCUT2D eigenvalue weighted by atomic mass is 32.2. The van der Waals surface area contributed by atoms with Crippen LogP contribution >= 0.6 is 11.9 Å². The lowest BCUT2D eigenvalue weighted by Gasteiger charge is -2.10. The maximum absolute atomic E-state index is 11.6. The normalized spacial score (nSPS) is 10.6. The Morgan fingerprint density at radius 1 is 1.00 bits per heavy atom. The van der Waals surface area contributed by atoms with Crippen LogP contribution in [0.1, 0.15) is 51.9 Å². The van der Waals surface area contributed by atoms with Gasteiger partial charge in [-0.05, 0) is 20.5 Å². The van der Waals surface area contributed by atoms with Crippen LogP contribution in [0, 0.1) is 0 Å². The number of carbonyl (C=O) groups excluding carboxylic acids is 2. The molecule has 6 heteroatoms. The summed E-state index contributed by atoms with van der Waals surface area (Å²) in [5.41, 5.74) is 0.146. The third kappa shape index (κ3) is 14.3. The van der Waals surface area contributed by atoms with Crippen molar-refractivity contribution in [2.24, 2.45) is 0 Å². The second kappa shape index (κ2) is 14.6. The molecule has 0 bridgehead atoms. The zero-order valence-electron chi connectivity index (χ0n) is 14.8. The Bertz CT molecular complexity index is 359. The Balaban J connectivity index is 3.64. The molecule has 0 atom stereocenters. The van der Waals surface area contributed by atoms with E-state index in [9.17, 15) is 9.59 Å². The summed E-state index contributed by atoms with van der Waals surface area (Å²) >= 11 is 1.55. The molecule has 23 heavy (non-hydrogen) atoms. The monoisotopic (exact) mass is 345 g/mol. The lowest BCUT2D eigenvalue weighted by molar-refractivity contribution is -0.146. The molecule has 0 aliphatic heterocycles.